The van der Waals surface area contributed by atoms with Gasteiger partial charge in [0.2, 0.25) is 5.91 Å². The number of hydrogen-bond acceptors (Lipinski definition) is 7. The van der Waals surface area contributed by atoms with E-state index in [-0.39, 0.29) is 25.3 Å². The Kier molecular flexibility index (Phi) is 8.31. The second kappa shape index (κ2) is 10.2. The standard InChI is InChI=1S/C23H33BrN2O6/c1-22(2,3)17(10-19(27)32-23(4,5)6)20(28)26-13-16(9-18(26)21(29)30-7)31-15-8-14(24)11-25-12-15/h8,11-12,16-18H,9-10,13H2,1-7H3/t16-,17-,18+/m1/s1. The highest BCUT2D eigenvalue weighted by Gasteiger charge is 2.46. The van der Waals surface area contributed by atoms with E-state index < -0.39 is 41.0 Å². The maximum atomic E-state index is 13.6. The Morgan fingerprint density at radius 2 is 1.84 bits per heavy atom. The van der Waals surface area contributed by atoms with Crippen molar-refractivity contribution in [2.24, 2.45) is 11.3 Å². The Hall–Kier alpha value is -2.16. The first-order valence-corrected chi connectivity index (χ1v) is 11.4. The van der Waals surface area contributed by atoms with Crippen LogP contribution in [0.1, 0.15) is 54.4 Å². The fraction of sp³-hybridized carbons (Fsp3) is 0.652. The van der Waals surface area contributed by atoms with Gasteiger partial charge in [-0.05, 0) is 48.2 Å². The third-order valence-electron chi connectivity index (χ3n) is 5.14. The van der Waals surface area contributed by atoms with Crippen molar-refractivity contribution < 1.29 is 28.6 Å². The van der Waals surface area contributed by atoms with Gasteiger partial charge in [-0.15, -0.1) is 0 Å². The van der Waals surface area contributed by atoms with Gasteiger partial charge in [0.1, 0.15) is 23.5 Å². The Bertz CT molecular complexity index is 846. The van der Waals surface area contributed by atoms with Gasteiger partial charge in [0.05, 0.1) is 32.2 Å². The minimum absolute atomic E-state index is 0.0783. The van der Waals surface area contributed by atoms with E-state index in [1.54, 1.807) is 39.2 Å². The highest BCUT2D eigenvalue weighted by Crippen LogP contribution is 2.35. The number of carbonyl (C=O) groups excluding carboxylic acids is 3. The summed E-state index contributed by atoms with van der Waals surface area (Å²) in [6, 6.07) is 0.978. The average molecular weight is 513 g/mol. The maximum Gasteiger partial charge on any atom is 0.328 e. The molecule has 8 nitrogen and oxygen atoms in total. The molecule has 1 amide bonds. The lowest BCUT2D eigenvalue weighted by atomic mass is 9.77. The van der Waals surface area contributed by atoms with E-state index in [0.717, 1.165) is 4.47 Å². The smallest absolute Gasteiger partial charge is 0.328 e. The molecular weight excluding hydrogens is 480 g/mol. The molecule has 0 unspecified atom stereocenters. The van der Waals surface area contributed by atoms with Gasteiger partial charge in [-0.1, -0.05) is 20.8 Å². The van der Waals surface area contributed by atoms with Crippen molar-refractivity contribution in [2.75, 3.05) is 13.7 Å². The summed E-state index contributed by atoms with van der Waals surface area (Å²) in [5.41, 5.74) is -1.18. The molecule has 32 heavy (non-hydrogen) atoms. The first-order chi connectivity index (χ1) is 14.7. The molecule has 1 aromatic rings. The number of carbonyl (C=O) groups is 3. The van der Waals surface area contributed by atoms with Crippen LogP contribution in [-0.2, 0) is 23.9 Å². The van der Waals surface area contributed by atoms with E-state index in [2.05, 4.69) is 20.9 Å². The molecule has 1 aliphatic heterocycles. The summed E-state index contributed by atoms with van der Waals surface area (Å²) in [5, 5.41) is 0. The van der Waals surface area contributed by atoms with Crippen LogP contribution in [0.3, 0.4) is 0 Å². The number of halogens is 1. The third-order valence-corrected chi connectivity index (χ3v) is 5.57. The van der Waals surface area contributed by atoms with E-state index in [4.69, 9.17) is 14.2 Å². The molecule has 0 bridgehead atoms. The highest BCUT2D eigenvalue weighted by atomic mass is 79.9. The summed E-state index contributed by atoms with van der Waals surface area (Å²) in [6.45, 7) is 11.2. The number of nitrogens with zero attached hydrogens (tertiary/aromatic N) is 2. The summed E-state index contributed by atoms with van der Waals surface area (Å²) >= 11 is 3.35. The summed E-state index contributed by atoms with van der Waals surface area (Å²) in [6.07, 6.45) is 3.00. The van der Waals surface area contributed by atoms with E-state index in [1.165, 1.54) is 12.0 Å². The molecule has 178 valence electrons. The number of aromatic nitrogens is 1. The summed E-state index contributed by atoms with van der Waals surface area (Å²) in [5.74, 6) is -1.40. The van der Waals surface area contributed by atoms with Crippen LogP contribution in [0.4, 0.5) is 0 Å². The van der Waals surface area contributed by atoms with Gasteiger partial charge in [-0.2, -0.15) is 0 Å². The van der Waals surface area contributed by atoms with Gasteiger partial charge < -0.3 is 19.1 Å². The van der Waals surface area contributed by atoms with Crippen LogP contribution in [0.25, 0.3) is 0 Å². The zero-order valence-corrected chi connectivity index (χ0v) is 21.4. The minimum atomic E-state index is -0.791. The van der Waals surface area contributed by atoms with Crippen LogP contribution in [-0.4, -0.2) is 59.1 Å². The molecular formula is C23H33BrN2O6. The number of esters is 2. The van der Waals surface area contributed by atoms with E-state index in [1.807, 2.05) is 20.8 Å². The SMILES string of the molecule is COC(=O)[C@@H]1C[C@@H](Oc2cncc(Br)c2)CN1C(=O)[C@@H](CC(=O)OC(C)(C)C)C(C)(C)C. The lowest BCUT2D eigenvalue weighted by molar-refractivity contribution is -0.162. The maximum absolute atomic E-state index is 13.6. The molecule has 2 rings (SSSR count). The van der Waals surface area contributed by atoms with Gasteiger partial charge in [0, 0.05) is 17.1 Å². The van der Waals surface area contributed by atoms with E-state index in [9.17, 15) is 14.4 Å². The molecule has 0 aromatic carbocycles. The Morgan fingerprint density at radius 1 is 1.19 bits per heavy atom. The van der Waals surface area contributed by atoms with Gasteiger partial charge in [0.15, 0.2) is 0 Å². The van der Waals surface area contributed by atoms with Gasteiger partial charge in [-0.3, -0.25) is 14.6 Å². The average Bonchev–Trinajstić information content (AvgIpc) is 3.06. The molecule has 0 spiro atoms. The van der Waals surface area contributed by atoms with Gasteiger partial charge in [0.25, 0.3) is 0 Å². The van der Waals surface area contributed by atoms with Crippen LogP contribution in [0.15, 0.2) is 22.9 Å². The molecule has 0 radical (unpaired) electrons. The number of likely N-dealkylation sites (tertiary alicyclic amines) is 1. The first kappa shape index (κ1) is 26.1. The van der Waals surface area contributed by atoms with Crippen LogP contribution < -0.4 is 4.74 Å². The lowest BCUT2D eigenvalue weighted by Crippen LogP contribution is -2.48. The van der Waals surface area contributed by atoms with Crippen LogP contribution in [0.5, 0.6) is 5.75 Å². The fourth-order valence-electron chi connectivity index (χ4n) is 3.65. The monoisotopic (exact) mass is 512 g/mol. The van der Waals surface area contributed by atoms with Crippen molar-refractivity contribution in [2.45, 2.75) is 72.1 Å². The second-order valence-electron chi connectivity index (χ2n) is 10.1. The molecule has 9 heteroatoms. The van der Waals surface area contributed by atoms with Crippen molar-refractivity contribution in [3.8, 4) is 5.75 Å². The Balaban J connectivity index is 2.24. The lowest BCUT2D eigenvalue weighted by Gasteiger charge is -2.34. The predicted octanol–water partition coefficient (Wildman–Crippen LogP) is 3.76. The molecule has 0 N–H and O–H groups in total. The molecule has 3 atom stereocenters. The molecule has 0 aliphatic carbocycles. The normalized spacial score (nSPS) is 19.9. The van der Waals surface area contributed by atoms with Crippen molar-refractivity contribution in [3.05, 3.63) is 22.9 Å². The van der Waals surface area contributed by atoms with Crippen LogP contribution >= 0.6 is 15.9 Å². The molecule has 1 aliphatic rings. The number of pyridine rings is 1. The molecule has 2 heterocycles. The fourth-order valence-corrected chi connectivity index (χ4v) is 3.99. The number of ether oxygens (including phenoxy) is 3. The van der Waals surface area contributed by atoms with Gasteiger partial charge >= 0.3 is 11.9 Å². The van der Waals surface area contributed by atoms with Crippen molar-refractivity contribution in [3.63, 3.8) is 0 Å². The predicted molar refractivity (Wildman–Crippen MR) is 122 cm³/mol. The number of amides is 1. The highest BCUT2D eigenvalue weighted by molar-refractivity contribution is 9.10. The minimum Gasteiger partial charge on any atom is -0.487 e. The Labute approximate surface area is 198 Å². The molecule has 1 fully saturated rings. The largest absolute Gasteiger partial charge is 0.487 e. The molecule has 1 saturated heterocycles. The van der Waals surface area contributed by atoms with E-state index in [0.29, 0.717) is 5.75 Å². The quantitative estimate of drug-likeness (QED) is 0.535. The zero-order valence-electron chi connectivity index (χ0n) is 19.8. The zero-order chi connectivity index (χ0) is 24.3. The van der Waals surface area contributed by atoms with Crippen LogP contribution in [0, 0.1) is 11.3 Å². The van der Waals surface area contributed by atoms with Crippen molar-refractivity contribution >= 4 is 33.8 Å². The third kappa shape index (κ3) is 7.18. The number of rotatable bonds is 6. The topological polar surface area (TPSA) is 95.0 Å². The van der Waals surface area contributed by atoms with E-state index >= 15 is 0 Å². The molecule has 0 saturated carbocycles. The van der Waals surface area contributed by atoms with Gasteiger partial charge in [-0.25, -0.2) is 4.79 Å². The first-order valence-electron chi connectivity index (χ1n) is 10.6. The summed E-state index contributed by atoms with van der Waals surface area (Å²) in [4.78, 5) is 44.2. The van der Waals surface area contributed by atoms with Crippen molar-refractivity contribution in [1.29, 1.82) is 0 Å². The second-order valence-corrected chi connectivity index (χ2v) is 11.0. The van der Waals surface area contributed by atoms with Crippen LogP contribution in [0.2, 0.25) is 0 Å². The summed E-state index contributed by atoms with van der Waals surface area (Å²) in [7, 11) is 1.29. The summed E-state index contributed by atoms with van der Waals surface area (Å²) < 4.78 is 17.1. The van der Waals surface area contributed by atoms with Crippen molar-refractivity contribution in [1.82, 2.24) is 9.88 Å². The molecule has 1 aromatic heterocycles. The number of methoxy groups -OCH3 is 1. The number of hydrogen-bond donors (Lipinski definition) is 0. The Morgan fingerprint density at radius 3 is 2.38 bits per heavy atom.